The third-order valence-electron chi connectivity index (χ3n) is 3.00. The van der Waals surface area contributed by atoms with E-state index in [1.165, 1.54) is 18.2 Å². The zero-order chi connectivity index (χ0) is 20.1. The number of carbonyl (C=O) groups excluding carboxylic acids is 1. The number of hydrogen-bond acceptors (Lipinski definition) is 3. The lowest BCUT2D eigenvalue weighted by molar-refractivity contribution is -0.388. The van der Waals surface area contributed by atoms with Crippen LogP contribution in [0.1, 0.15) is 0 Å². The van der Waals surface area contributed by atoms with E-state index in [9.17, 15) is 44.3 Å². The minimum Gasteiger partial charge on any atom is -0.296 e. The molecule has 0 spiro atoms. The van der Waals surface area contributed by atoms with E-state index in [-0.39, 0.29) is 15.2 Å². The summed E-state index contributed by atoms with van der Waals surface area (Å²) >= 11 is 6.11. The summed E-state index contributed by atoms with van der Waals surface area (Å²) in [5.74, 6) is -23.7. The first-order chi connectivity index (χ1) is 11.6. The highest BCUT2D eigenvalue weighted by Crippen LogP contribution is 2.53. The molecule has 1 aromatic heterocycles. The Morgan fingerprint density at radius 2 is 1.58 bits per heavy atom. The summed E-state index contributed by atoms with van der Waals surface area (Å²) in [6, 6.07) is 3.87. The summed E-state index contributed by atoms with van der Waals surface area (Å²) in [7, 11) is 0. The Morgan fingerprint density at radius 1 is 1.00 bits per heavy atom. The monoisotopic (exact) mass is 430 g/mol. The molecule has 0 aliphatic heterocycles. The molecule has 144 valence electrons. The fourth-order valence-electron chi connectivity index (χ4n) is 1.65. The van der Waals surface area contributed by atoms with Gasteiger partial charge in [-0.1, -0.05) is 22.9 Å². The quantitative estimate of drug-likeness (QED) is 0.664. The number of hydrogen-bond donors (Lipinski definition) is 1. The second kappa shape index (κ2) is 6.15. The van der Waals surface area contributed by atoms with Gasteiger partial charge in [0, 0.05) is 5.02 Å². The first-order valence-electron chi connectivity index (χ1n) is 6.19. The molecule has 2 rings (SSSR count). The molecule has 1 heterocycles. The van der Waals surface area contributed by atoms with Crippen LogP contribution in [0.2, 0.25) is 5.02 Å². The lowest BCUT2D eigenvalue weighted by atomic mass is 10.0. The smallest absolute Gasteiger partial charge is 0.296 e. The van der Waals surface area contributed by atoms with Crippen molar-refractivity contribution in [2.24, 2.45) is 0 Å². The van der Waals surface area contributed by atoms with Crippen molar-refractivity contribution in [1.82, 2.24) is 4.98 Å². The number of fused-ring (bicyclic) bond motifs is 1. The number of nitrogens with zero attached hydrogens (tertiary/aromatic N) is 1. The third kappa shape index (κ3) is 3.17. The first kappa shape index (κ1) is 20.6. The predicted octanol–water partition coefficient (Wildman–Crippen LogP) is 5.36. The first-order valence-corrected chi connectivity index (χ1v) is 7.38. The van der Waals surface area contributed by atoms with E-state index in [2.05, 4.69) is 4.98 Å². The fraction of sp³-hybridized carbons (Fsp3) is 0.333. The molecule has 2 aromatic rings. The van der Waals surface area contributed by atoms with Crippen molar-refractivity contribution in [3.8, 4) is 0 Å². The van der Waals surface area contributed by atoms with Crippen molar-refractivity contribution < 1.29 is 44.3 Å². The predicted molar refractivity (Wildman–Crippen MR) is 74.2 cm³/mol. The summed E-state index contributed by atoms with van der Waals surface area (Å²) in [5.41, 5.74) is 0.0883. The number of thiazole rings is 1. The van der Waals surface area contributed by atoms with Gasteiger partial charge in [-0.15, -0.1) is 0 Å². The highest BCUT2D eigenvalue weighted by atomic mass is 35.5. The SMILES string of the molecule is O=C(Nc1nc2ccc(Cl)cc2s1)C(F)(F)C(F)(F)C(F)(F)C(F)(F)F. The number of alkyl halides is 9. The van der Waals surface area contributed by atoms with Crippen molar-refractivity contribution in [2.45, 2.75) is 23.9 Å². The molecular formula is C12H4ClF9N2OS. The number of nitrogens with one attached hydrogen (secondary N) is 1. The van der Waals surface area contributed by atoms with Gasteiger partial charge in [0.25, 0.3) is 0 Å². The number of anilines is 1. The molecule has 26 heavy (non-hydrogen) atoms. The van der Waals surface area contributed by atoms with Gasteiger partial charge in [-0.25, -0.2) is 4.98 Å². The molecule has 0 aliphatic carbocycles. The van der Waals surface area contributed by atoms with Crippen LogP contribution in [-0.4, -0.2) is 34.8 Å². The topological polar surface area (TPSA) is 42.0 Å². The second-order valence-electron chi connectivity index (χ2n) is 4.81. The lowest BCUT2D eigenvalue weighted by Crippen LogP contribution is -2.64. The molecule has 0 bridgehead atoms. The van der Waals surface area contributed by atoms with E-state index in [1.807, 2.05) is 0 Å². The number of benzene rings is 1. The van der Waals surface area contributed by atoms with Gasteiger partial charge in [-0.05, 0) is 18.2 Å². The molecule has 0 saturated carbocycles. The maximum absolute atomic E-state index is 13.4. The summed E-state index contributed by atoms with van der Waals surface area (Å²) in [5, 5.41) is 0.573. The molecule has 3 nitrogen and oxygen atoms in total. The maximum atomic E-state index is 13.4. The zero-order valence-corrected chi connectivity index (χ0v) is 13.3. The minimum absolute atomic E-state index is 0.0883. The van der Waals surface area contributed by atoms with E-state index in [1.54, 1.807) is 0 Å². The average molecular weight is 431 g/mol. The molecule has 0 atom stereocenters. The molecule has 0 radical (unpaired) electrons. The van der Waals surface area contributed by atoms with Gasteiger partial charge in [0.05, 0.1) is 10.2 Å². The number of carbonyl (C=O) groups is 1. The van der Waals surface area contributed by atoms with E-state index >= 15 is 0 Å². The van der Waals surface area contributed by atoms with Gasteiger partial charge in [0.15, 0.2) is 5.13 Å². The van der Waals surface area contributed by atoms with Gasteiger partial charge < -0.3 is 0 Å². The van der Waals surface area contributed by atoms with Crippen LogP contribution in [0.25, 0.3) is 10.2 Å². The molecule has 0 unspecified atom stereocenters. The van der Waals surface area contributed by atoms with E-state index < -0.39 is 35.0 Å². The molecule has 0 fully saturated rings. The van der Waals surface area contributed by atoms with Crippen molar-refractivity contribution in [1.29, 1.82) is 0 Å². The van der Waals surface area contributed by atoms with Crippen LogP contribution >= 0.6 is 22.9 Å². The van der Waals surface area contributed by atoms with E-state index in [0.29, 0.717) is 11.3 Å². The Morgan fingerprint density at radius 3 is 2.12 bits per heavy atom. The zero-order valence-electron chi connectivity index (χ0n) is 11.8. The average Bonchev–Trinajstić information content (AvgIpc) is 2.86. The maximum Gasteiger partial charge on any atom is 0.460 e. The third-order valence-corrected chi connectivity index (χ3v) is 4.17. The standard InChI is InChI=1S/C12H4ClF9N2OS/c13-4-1-2-5-6(3-4)26-8(23-5)24-7(25)9(14,15)10(16,17)11(18,19)12(20,21)22/h1-3H,(H,23,24,25). The molecular weight excluding hydrogens is 427 g/mol. The number of halogens is 10. The Bertz CT molecular complexity index is 849. The van der Waals surface area contributed by atoms with E-state index in [4.69, 9.17) is 11.6 Å². The van der Waals surface area contributed by atoms with Crippen LogP contribution in [0.3, 0.4) is 0 Å². The Hall–Kier alpha value is -1.76. The van der Waals surface area contributed by atoms with Crippen LogP contribution < -0.4 is 5.32 Å². The number of aromatic nitrogens is 1. The molecule has 0 aliphatic rings. The number of amides is 1. The van der Waals surface area contributed by atoms with Crippen LogP contribution in [0, 0.1) is 0 Å². The Balaban J connectivity index is 2.33. The Labute approximate surface area is 146 Å². The molecule has 1 N–H and O–H groups in total. The van der Waals surface area contributed by atoms with Crippen LogP contribution in [0.5, 0.6) is 0 Å². The largest absolute Gasteiger partial charge is 0.460 e. The normalized spacial score (nSPS) is 13.9. The lowest BCUT2D eigenvalue weighted by Gasteiger charge is -2.32. The van der Waals surface area contributed by atoms with Crippen molar-refractivity contribution >= 4 is 44.2 Å². The van der Waals surface area contributed by atoms with Gasteiger partial charge in [-0.3, -0.25) is 10.1 Å². The van der Waals surface area contributed by atoms with Crippen molar-refractivity contribution in [3.05, 3.63) is 23.2 Å². The van der Waals surface area contributed by atoms with Crippen molar-refractivity contribution in [2.75, 3.05) is 5.32 Å². The van der Waals surface area contributed by atoms with Gasteiger partial charge in [0.2, 0.25) is 0 Å². The van der Waals surface area contributed by atoms with Gasteiger partial charge >= 0.3 is 29.9 Å². The fourth-order valence-corrected chi connectivity index (χ4v) is 2.78. The van der Waals surface area contributed by atoms with Crippen molar-refractivity contribution in [3.63, 3.8) is 0 Å². The van der Waals surface area contributed by atoms with Crippen LogP contribution in [0.15, 0.2) is 18.2 Å². The van der Waals surface area contributed by atoms with Crippen LogP contribution in [0.4, 0.5) is 44.6 Å². The summed E-state index contributed by atoms with van der Waals surface area (Å²) in [4.78, 5) is 14.8. The summed E-state index contributed by atoms with van der Waals surface area (Å²) in [6.07, 6.45) is -7.01. The highest BCUT2D eigenvalue weighted by Gasteiger charge is 2.83. The van der Waals surface area contributed by atoms with Crippen LogP contribution in [-0.2, 0) is 4.79 Å². The summed E-state index contributed by atoms with van der Waals surface area (Å²) < 4.78 is 115. The molecule has 14 heteroatoms. The Kier molecular flexibility index (Phi) is 4.86. The molecule has 1 aromatic carbocycles. The highest BCUT2D eigenvalue weighted by molar-refractivity contribution is 7.22. The number of rotatable bonds is 4. The second-order valence-corrected chi connectivity index (χ2v) is 6.27. The van der Waals surface area contributed by atoms with Gasteiger partial charge in [-0.2, -0.15) is 39.5 Å². The van der Waals surface area contributed by atoms with E-state index in [0.717, 1.165) is 5.32 Å². The minimum atomic E-state index is -7.15. The molecule has 0 saturated heterocycles. The molecule has 1 amide bonds. The van der Waals surface area contributed by atoms with Gasteiger partial charge in [0.1, 0.15) is 0 Å². The summed E-state index contributed by atoms with van der Waals surface area (Å²) in [6.45, 7) is 0.